The van der Waals surface area contributed by atoms with Gasteiger partial charge in [0.25, 0.3) is 0 Å². The van der Waals surface area contributed by atoms with Crippen LogP contribution in [0, 0.1) is 0 Å². The molecule has 2 aliphatic carbocycles. The van der Waals surface area contributed by atoms with E-state index in [0.29, 0.717) is 5.69 Å². The fourth-order valence-electron chi connectivity index (χ4n) is 3.88. The molecule has 150 valence electrons. The van der Waals surface area contributed by atoms with Gasteiger partial charge in [0.1, 0.15) is 18.0 Å². The third-order valence-corrected chi connectivity index (χ3v) is 5.40. The van der Waals surface area contributed by atoms with Crippen LogP contribution in [-0.4, -0.2) is 54.9 Å². The minimum Gasteiger partial charge on any atom is -0.507 e. The molecular weight excluding hydrogens is 378 g/mol. The number of phenolic OH excluding ortho intramolecular Hbond substituents is 2. The van der Waals surface area contributed by atoms with Crippen LogP contribution in [0.5, 0.6) is 11.5 Å². The van der Waals surface area contributed by atoms with Crippen molar-refractivity contribution in [1.82, 2.24) is 0 Å². The van der Waals surface area contributed by atoms with Gasteiger partial charge >= 0.3 is 0 Å². The monoisotopic (exact) mass is 397 g/mol. The van der Waals surface area contributed by atoms with E-state index in [9.17, 15) is 35.1 Å². The molecule has 2 aliphatic rings. The zero-order chi connectivity index (χ0) is 21.1. The van der Waals surface area contributed by atoms with E-state index in [4.69, 9.17) is 0 Å². The molecule has 0 heterocycles. The van der Waals surface area contributed by atoms with E-state index in [2.05, 4.69) is 5.32 Å². The highest BCUT2D eigenvalue weighted by Crippen LogP contribution is 2.47. The summed E-state index contributed by atoms with van der Waals surface area (Å²) < 4.78 is 0. The number of nitrogens with one attached hydrogen (secondary N) is 1. The number of hydrogen-bond donors (Lipinski definition) is 6. The number of phenols is 2. The normalized spacial score (nSPS) is 26.2. The summed E-state index contributed by atoms with van der Waals surface area (Å²) in [4.78, 5) is 26.1. The number of aliphatic hydroxyl groups excluding tert-OH is 2. The number of aliphatic hydroxyl groups is 3. The molecule has 3 atom stereocenters. The van der Waals surface area contributed by atoms with E-state index < -0.39 is 52.0 Å². The molecule has 0 aliphatic heterocycles. The summed E-state index contributed by atoms with van der Waals surface area (Å²) in [6, 6.07) is 9.82. The second-order valence-electron chi connectivity index (χ2n) is 7.51. The van der Waals surface area contributed by atoms with Crippen LogP contribution in [0.3, 0.4) is 0 Å². The van der Waals surface area contributed by atoms with E-state index >= 15 is 0 Å². The maximum atomic E-state index is 13.1. The fraction of sp³-hybridized carbons (Fsp3) is 0.238. The number of Topliss-reactive ketones (excluding diaryl/α,β-unsaturated/α-hetero) is 2. The van der Waals surface area contributed by atoms with Crippen molar-refractivity contribution >= 4 is 22.9 Å². The first kappa shape index (κ1) is 19.1. The third-order valence-electron chi connectivity index (χ3n) is 5.40. The van der Waals surface area contributed by atoms with Gasteiger partial charge in [0.15, 0.2) is 17.3 Å². The van der Waals surface area contributed by atoms with Crippen LogP contribution in [0.2, 0.25) is 0 Å². The topological polar surface area (TPSA) is 147 Å². The van der Waals surface area contributed by atoms with Gasteiger partial charge in [0.05, 0.1) is 22.4 Å². The Morgan fingerprint density at radius 1 is 1.03 bits per heavy atom. The molecule has 4 rings (SSSR count). The van der Waals surface area contributed by atoms with Gasteiger partial charge in [-0.2, -0.15) is 0 Å². The van der Waals surface area contributed by atoms with E-state index in [1.807, 2.05) is 0 Å². The lowest BCUT2D eigenvalue weighted by atomic mass is 9.69. The molecule has 0 saturated heterocycles. The van der Waals surface area contributed by atoms with Crippen molar-refractivity contribution in [2.24, 2.45) is 0 Å². The van der Waals surface area contributed by atoms with Gasteiger partial charge in [-0.1, -0.05) is 18.2 Å². The molecule has 0 unspecified atom stereocenters. The molecular formula is C21H19NO7. The Morgan fingerprint density at radius 3 is 2.34 bits per heavy atom. The number of anilines is 2. The Morgan fingerprint density at radius 2 is 1.69 bits per heavy atom. The molecule has 0 spiro atoms. The standard InChI is InChI=1S/C21H19NO7/c1-21(29)8-10-13(19(27)20(21)28)18(26)14-12(23)7-11(17(25)15(14)16(10)24)22-9-5-3-2-4-6-9/h2-7,19-20,22-23,25,27-29H,8H2,1H3/t19-,20+,21-/m0/s1. The van der Waals surface area contributed by atoms with E-state index in [-0.39, 0.29) is 23.3 Å². The highest BCUT2D eigenvalue weighted by Gasteiger charge is 2.51. The number of rotatable bonds is 2. The predicted molar refractivity (Wildman–Crippen MR) is 102 cm³/mol. The maximum Gasteiger partial charge on any atom is 0.196 e. The number of fused-ring (bicyclic) bond motifs is 1. The molecule has 0 amide bonds. The van der Waals surface area contributed by atoms with Crippen LogP contribution in [0.15, 0.2) is 47.5 Å². The van der Waals surface area contributed by atoms with E-state index in [1.54, 1.807) is 30.3 Å². The van der Waals surface area contributed by atoms with Crippen molar-refractivity contribution in [1.29, 1.82) is 0 Å². The first-order valence-electron chi connectivity index (χ1n) is 8.95. The second-order valence-corrected chi connectivity index (χ2v) is 7.51. The Balaban J connectivity index is 1.87. The van der Waals surface area contributed by atoms with Gasteiger partial charge in [-0.25, -0.2) is 0 Å². The van der Waals surface area contributed by atoms with Crippen molar-refractivity contribution in [2.75, 3.05) is 5.32 Å². The molecule has 0 radical (unpaired) electrons. The third kappa shape index (κ3) is 2.80. The number of hydrogen-bond acceptors (Lipinski definition) is 8. The molecule has 0 bridgehead atoms. The highest BCUT2D eigenvalue weighted by molar-refractivity contribution is 6.30. The van der Waals surface area contributed by atoms with E-state index in [1.165, 1.54) is 6.92 Å². The van der Waals surface area contributed by atoms with Crippen molar-refractivity contribution in [3.63, 3.8) is 0 Å². The minimum atomic E-state index is -1.84. The zero-order valence-electron chi connectivity index (χ0n) is 15.4. The van der Waals surface area contributed by atoms with Crippen molar-refractivity contribution in [2.45, 2.75) is 31.2 Å². The van der Waals surface area contributed by atoms with Gasteiger partial charge in [-0.05, 0) is 19.1 Å². The first-order valence-corrected chi connectivity index (χ1v) is 8.95. The summed E-state index contributed by atoms with van der Waals surface area (Å²) in [5.41, 5.74) is -2.68. The molecule has 0 fully saturated rings. The molecule has 29 heavy (non-hydrogen) atoms. The van der Waals surface area contributed by atoms with Gasteiger partial charge in [0, 0.05) is 29.3 Å². The summed E-state index contributed by atoms with van der Waals surface area (Å²) in [6.07, 6.45) is -3.88. The largest absolute Gasteiger partial charge is 0.507 e. The van der Waals surface area contributed by atoms with Gasteiger partial charge in [-0.15, -0.1) is 0 Å². The summed E-state index contributed by atoms with van der Waals surface area (Å²) >= 11 is 0. The average Bonchev–Trinajstić information content (AvgIpc) is 2.67. The van der Waals surface area contributed by atoms with Crippen LogP contribution < -0.4 is 5.32 Å². The number of para-hydroxylation sites is 1. The Bertz CT molecular complexity index is 1070. The smallest absolute Gasteiger partial charge is 0.196 e. The average molecular weight is 397 g/mol. The number of aromatic hydroxyl groups is 2. The van der Waals surface area contributed by atoms with Gasteiger partial charge in [0.2, 0.25) is 0 Å². The molecule has 2 aromatic rings. The number of carbonyl (C=O) groups excluding carboxylic acids is 2. The molecule has 8 nitrogen and oxygen atoms in total. The van der Waals surface area contributed by atoms with Crippen molar-refractivity contribution in [3.05, 3.63) is 58.7 Å². The fourth-order valence-corrected chi connectivity index (χ4v) is 3.88. The molecule has 0 aromatic heterocycles. The van der Waals surface area contributed by atoms with Crippen molar-refractivity contribution in [3.8, 4) is 11.5 Å². The number of ketones is 2. The van der Waals surface area contributed by atoms with Crippen LogP contribution >= 0.6 is 0 Å². The zero-order valence-corrected chi connectivity index (χ0v) is 15.4. The van der Waals surface area contributed by atoms with Crippen LogP contribution in [0.1, 0.15) is 34.1 Å². The molecule has 6 N–H and O–H groups in total. The Hall–Kier alpha value is -3.20. The van der Waals surface area contributed by atoms with Crippen molar-refractivity contribution < 1.29 is 35.1 Å². The van der Waals surface area contributed by atoms with Crippen LogP contribution in [0.4, 0.5) is 11.4 Å². The molecule has 8 heteroatoms. The lowest BCUT2D eigenvalue weighted by molar-refractivity contribution is -0.111. The number of benzene rings is 2. The summed E-state index contributed by atoms with van der Waals surface area (Å²) in [5, 5.41) is 54.8. The molecule has 2 aromatic carbocycles. The Kier molecular flexibility index (Phi) is 4.23. The van der Waals surface area contributed by atoms with Gasteiger partial charge in [-0.3, -0.25) is 9.59 Å². The quantitative estimate of drug-likeness (QED) is 0.329. The lowest BCUT2D eigenvalue weighted by Gasteiger charge is -2.40. The summed E-state index contributed by atoms with van der Waals surface area (Å²) in [7, 11) is 0. The maximum absolute atomic E-state index is 13.1. The summed E-state index contributed by atoms with van der Waals surface area (Å²) in [6.45, 7) is 1.24. The first-order chi connectivity index (χ1) is 13.6. The molecule has 0 saturated carbocycles. The van der Waals surface area contributed by atoms with Crippen LogP contribution in [0.25, 0.3) is 0 Å². The van der Waals surface area contributed by atoms with E-state index in [0.717, 1.165) is 6.07 Å². The lowest BCUT2D eigenvalue weighted by Crippen LogP contribution is -2.54. The SMILES string of the molecule is C[C@]1(O)CC2=C(C(=O)c3c(O)cc(Nc4ccccc4)c(O)c3C2=O)[C@H](O)[C@H]1O. The number of carbonyl (C=O) groups is 2. The predicted octanol–water partition coefficient (Wildman–Crippen LogP) is 1.39. The highest BCUT2D eigenvalue weighted by atomic mass is 16.4. The van der Waals surface area contributed by atoms with Crippen LogP contribution in [-0.2, 0) is 0 Å². The van der Waals surface area contributed by atoms with Gasteiger partial charge < -0.3 is 30.8 Å². The second kappa shape index (κ2) is 6.41. The summed E-state index contributed by atoms with van der Waals surface area (Å²) in [5.74, 6) is -2.77. The Labute approximate surface area is 165 Å². The minimum absolute atomic E-state index is 0.0146.